The van der Waals surface area contributed by atoms with Gasteiger partial charge in [-0.15, -0.1) is 36.6 Å². The molecule has 0 aliphatic carbocycles. The van der Waals surface area contributed by atoms with E-state index < -0.39 is 0 Å². The maximum atomic E-state index is 11.9. The number of nitrogens with two attached hydrogens (primary N) is 1. The molecule has 0 spiro atoms. The van der Waals surface area contributed by atoms with E-state index in [1.165, 1.54) is 5.56 Å². The summed E-state index contributed by atoms with van der Waals surface area (Å²) >= 11 is 1.55. The Morgan fingerprint density at radius 1 is 1.12 bits per heavy atom. The number of nitrogens with one attached hydrogen (secondary N) is 1. The van der Waals surface area contributed by atoms with Gasteiger partial charge in [0.15, 0.2) is 0 Å². The number of hydrogen-bond donors (Lipinski definition) is 2. The molecule has 0 aliphatic rings. The van der Waals surface area contributed by atoms with Crippen LogP contribution in [0.15, 0.2) is 48.7 Å². The summed E-state index contributed by atoms with van der Waals surface area (Å²) < 4.78 is 0. The zero-order valence-electron chi connectivity index (χ0n) is 15.1. The zero-order valence-corrected chi connectivity index (χ0v) is 17.5. The number of aromatic nitrogens is 1. The Bertz CT molecular complexity index is 639. The van der Waals surface area contributed by atoms with Crippen molar-refractivity contribution < 1.29 is 4.79 Å². The summed E-state index contributed by atoms with van der Waals surface area (Å²) in [5.74, 6) is 1.66. The molecule has 1 aromatic carbocycles. The van der Waals surface area contributed by atoms with Gasteiger partial charge in [0, 0.05) is 24.5 Å². The molecule has 144 valence electrons. The third-order valence-corrected chi connectivity index (χ3v) is 4.73. The monoisotopic (exact) mass is 415 g/mol. The number of pyridine rings is 1. The van der Waals surface area contributed by atoms with Crippen molar-refractivity contribution in [3.05, 3.63) is 65.5 Å². The predicted molar refractivity (Wildman–Crippen MR) is 115 cm³/mol. The summed E-state index contributed by atoms with van der Waals surface area (Å²) in [5.41, 5.74) is 9.48. The highest BCUT2D eigenvalue weighted by molar-refractivity contribution is 7.99. The highest BCUT2D eigenvalue weighted by Gasteiger charge is 2.09. The third-order valence-electron chi connectivity index (χ3n) is 3.76. The molecule has 2 rings (SSSR count). The van der Waals surface area contributed by atoms with Crippen molar-refractivity contribution in [2.24, 2.45) is 5.73 Å². The molecule has 0 saturated heterocycles. The van der Waals surface area contributed by atoms with Crippen LogP contribution in [0.3, 0.4) is 0 Å². The van der Waals surface area contributed by atoms with Gasteiger partial charge in [0.25, 0.3) is 0 Å². The SMILES string of the molecule is CC(C)c1ccc(C(N)CNC(=O)CSCc2ccccn2)cc1.Cl.Cl. The molecule has 1 amide bonds. The molecule has 1 unspecified atom stereocenters. The fourth-order valence-electron chi connectivity index (χ4n) is 2.25. The quantitative estimate of drug-likeness (QED) is 0.680. The summed E-state index contributed by atoms with van der Waals surface area (Å²) in [7, 11) is 0. The number of carbonyl (C=O) groups excluding carboxylic acids is 1. The lowest BCUT2D eigenvalue weighted by Gasteiger charge is -2.14. The van der Waals surface area contributed by atoms with Crippen LogP contribution in [-0.2, 0) is 10.5 Å². The van der Waals surface area contributed by atoms with Crippen molar-refractivity contribution in [3.63, 3.8) is 0 Å². The van der Waals surface area contributed by atoms with E-state index in [0.29, 0.717) is 18.2 Å². The van der Waals surface area contributed by atoms with Gasteiger partial charge in [-0.25, -0.2) is 0 Å². The van der Waals surface area contributed by atoms with Crippen LogP contribution in [-0.4, -0.2) is 23.2 Å². The first-order valence-corrected chi connectivity index (χ1v) is 9.31. The van der Waals surface area contributed by atoms with Crippen LogP contribution in [0.4, 0.5) is 0 Å². The van der Waals surface area contributed by atoms with Crippen molar-refractivity contribution in [1.82, 2.24) is 10.3 Å². The Kier molecular flexibility index (Phi) is 12.3. The van der Waals surface area contributed by atoms with E-state index in [2.05, 4.69) is 36.3 Å². The molecule has 2 aromatic rings. The molecule has 3 N–H and O–H groups in total. The number of nitrogens with zero attached hydrogens (tertiary/aromatic N) is 1. The first-order valence-electron chi connectivity index (χ1n) is 8.16. The highest BCUT2D eigenvalue weighted by atomic mass is 35.5. The standard InChI is InChI=1S/C19H25N3OS.2ClH/c1-14(2)15-6-8-16(9-7-15)18(20)11-22-19(23)13-24-12-17-5-3-4-10-21-17;;/h3-10,14,18H,11-13,20H2,1-2H3,(H,22,23);2*1H. The Morgan fingerprint density at radius 2 is 1.77 bits per heavy atom. The molecule has 7 heteroatoms. The van der Waals surface area contributed by atoms with E-state index in [-0.39, 0.29) is 36.8 Å². The summed E-state index contributed by atoms with van der Waals surface area (Å²) in [5, 5.41) is 2.90. The van der Waals surface area contributed by atoms with Crippen LogP contribution >= 0.6 is 36.6 Å². The third kappa shape index (κ3) is 8.41. The average molecular weight is 416 g/mol. The van der Waals surface area contributed by atoms with Crippen LogP contribution in [0, 0.1) is 0 Å². The minimum atomic E-state index is -0.184. The Labute approximate surface area is 172 Å². The van der Waals surface area contributed by atoms with Gasteiger partial charge in [-0.3, -0.25) is 9.78 Å². The van der Waals surface area contributed by atoms with Crippen molar-refractivity contribution >= 4 is 42.5 Å². The molecule has 1 heterocycles. The number of benzene rings is 1. The topological polar surface area (TPSA) is 68.0 Å². The smallest absolute Gasteiger partial charge is 0.230 e. The fraction of sp³-hybridized carbons (Fsp3) is 0.368. The predicted octanol–water partition coefficient (Wildman–Crippen LogP) is 4.10. The van der Waals surface area contributed by atoms with E-state index in [4.69, 9.17) is 5.73 Å². The average Bonchev–Trinajstić information content (AvgIpc) is 2.60. The maximum absolute atomic E-state index is 11.9. The fourth-order valence-corrected chi connectivity index (χ4v) is 3.02. The number of amides is 1. The highest BCUT2D eigenvalue weighted by Crippen LogP contribution is 2.17. The lowest BCUT2D eigenvalue weighted by atomic mass is 9.99. The van der Waals surface area contributed by atoms with Gasteiger partial charge in [0.1, 0.15) is 0 Å². The maximum Gasteiger partial charge on any atom is 0.230 e. The Morgan fingerprint density at radius 3 is 2.35 bits per heavy atom. The van der Waals surface area contributed by atoms with Gasteiger partial charge in [-0.1, -0.05) is 44.2 Å². The lowest BCUT2D eigenvalue weighted by Crippen LogP contribution is -2.33. The number of rotatable bonds is 8. The molecule has 0 bridgehead atoms. The zero-order chi connectivity index (χ0) is 17.4. The second-order valence-corrected chi connectivity index (χ2v) is 7.03. The molecule has 0 radical (unpaired) electrons. The van der Waals surface area contributed by atoms with Gasteiger partial charge in [-0.2, -0.15) is 0 Å². The first-order chi connectivity index (χ1) is 11.6. The minimum absolute atomic E-state index is 0. The molecular formula is C19H27Cl2N3OS. The molecule has 26 heavy (non-hydrogen) atoms. The summed E-state index contributed by atoms with van der Waals surface area (Å²) in [6.45, 7) is 4.78. The van der Waals surface area contributed by atoms with Crippen LogP contribution in [0.1, 0.15) is 42.6 Å². The number of carbonyl (C=O) groups is 1. The minimum Gasteiger partial charge on any atom is -0.353 e. The second kappa shape index (κ2) is 13.0. The number of thioether (sulfide) groups is 1. The molecule has 4 nitrogen and oxygen atoms in total. The summed E-state index contributed by atoms with van der Waals surface area (Å²) in [4.78, 5) is 16.1. The van der Waals surface area contributed by atoms with Crippen molar-refractivity contribution in [3.8, 4) is 0 Å². The molecule has 0 aliphatic heterocycles. The van der Waals surface area contributed by atoms with Crippen molar-refractivity contribution in [2.45, 2.75) is 31.6 Å². The molecule has 1 aromatic heterocycles. The lowest BCUT2D eigenvalue weighted by molar-refractivity contribution is -0.118. The summed E-state index contributed by atoms with van der Waals surface area (Å²) in [6, 6.07) is 13.9. The van der Waals surface area contributed by atoms with Crippen LogP contribution in [0.25, 0.3) is 0 Å². The Hall–Kier alpha value is -1.27. The van der Waals surface area contributed by atoms with Gasteiger partial charge in [0.05, 0.1) is 11.4 Å². The van der Waals surface area contributed by atoms with Crippen LogP contribution < -0.4 is 11.1 Å². The normalized spacial score (nSPS) is 11.2. The van der Waals surface area contributed by atoms with E-state index in [1.54, 1.807) is 18.0 Å². The van der Waals surface area contributed by atoms with Gasteiger partial charge >= 0.3 is 0 Å². The first kappa shape index (κ1) is 24.7. The molecule has 0 saturated carbocycles. The van der Waals surface area contributed by atoms with Crippen LogP contribution in [0.2, 0.25) is 0 Å². The molecule has 1 atom stereocenters. The number of hydrogen-bond acceptors (Lipinski definition) is 4. The van der Waals surface area contributed by atoms with Gasteiger partial charge < -0.3 is 11.1 Å². The van der Waals surface area contributed by atoms with E-state index in [0.717, 1.165) is 17.0 Å². The van der Waals surface area contributed by atoms with Gasteiger partial charge in [0.2, 0.25) is 5.91 Å². The van der Waals surface area contributed by atoms with E-state index >= 15 is 0 Å². The van der Waals surface area contributed by atoms with E-state index in [1.807, 2.05) is 30.3 Å². The van der Waals surface area contributed by atoms with Crippen molar-refractivity contribution in [1.29, 1.82) is 0 Å². The van der Waals surface area contributed by atoms with Crippen molar-refractivity contribution in [2.75, 3.05) is 12.3 Å². The van der Waals surface area contributed by atoms with Crippen LogP contribution in [0.5, 0.6) is 0 Å². The number of halogens is 2. The second-order valence-electron chi connectivity index (χ2n) is 6.05. The largest absolute Gasteiger partial charge is 0.353 e. The van der Waals surface area contributed by atoms with E-state index in [9.17, 15) is 4.79 Å². The van der Waals surface area contributed by atoms with Gasteiger partial charge in [-0.05, 0) is 29.2 Å². The molecule has 0 fully saturated rings. The Balaban J connectivity index is 0.00000312. The molecular weight excluding hydrogens is 389 g/mol. The summed E-state index contributed by atoms with van der Waals surface area (Å²) in [6.07, 6.45) is 1.76.